The summed E-state index contributed by atoms with van der Waals surface area (Å²) in [6.45, 7) is 0.614. The first-order valence-corrected chi connectivity index (χ1v) is 13.1. The van der Waals surface area contributed by atoms with Gasteiger partial charge in [-0.15, -0.1) is 12.4 Å². The minimum atomic E-state index is -1.59. The number of carboxylic acids is 1. The molecule has 210 valence electrons. The van der Waals surface area contributed by atoms with Gasteiger partial charge in [0.05, 0.1) is 0 Å². The van der Waals surface area contributed by atoms with Crippen LogP contribution in [0.3, 0.4) is 0 Å². The van der Waals surface area contributed by atoms with E-state index in [9.17, 15) is 27.9 Å². The van der Waals surface area contributed by atoms with E-state index in [0.717, 1.165) is 43.3 Å². The van der Waals surface area contributed by atoms with Crippen molar-refractivity contribution in [1.82, 2.24) is 15.2 Å². The van der Waals surface area contributed by atoms with Crippen LogP contribution < -0.4 is 10.6 Å². The number of aromatic nitrogens is 1. The van der Waals surface area contributed by atoms with Crippen LogP contribution in [0, 0.1) is 23.4 Å². The molecular weight excluding hydrogens is 533 g/mol. The van der Waals surface area contributed by atoms with E-state index in [0.29, 0.717) is 31.8 Å². The van der Waals surface area contributed by atoms with Crippen LogP contribution in [0.1, 0.15) is 50.0 Å². The van der Waals surface area contributed by atoms with Gasteiger partial charge in [-0.2, -0.15) is 0 Å². The molecule has 1 unspecified atom stereocenters. The van der Waals surface area contributed by atoms with Crippen LogP contribution in [-0.2, 0) is 4.79 Å². The summed E-state index contributed by atoms with van der Waals surface area (Å²) in [6, 6.07) is 8.54. The summed E-state index contributed by atoms with van der Waals surface area (Å²) >= 11 is 0. The maximum Gasteiger partial charge on any atom is 0.321 e. The minimum Gasteiger partial charge on any atom is -0.480 e. The summed E-state index contributed by atoms with van der Waals surface area (Å²) in [5.74, 6) is -4.97. The van der Waals surface area contributed by atoms with Gasteiger partial charge in [0.2, 0.25) is 0 Å². The molecule has 0 radical (unpaired) electrons. The second-order valence-electron chi connectivity index (χ2n) is 10.3. The number of H-pyrrole nitrogens is 1. The van der Waals surface area contributed by atoms with E-state index >= 15 is 0 Å². The summed E-state index contributed by atoms with van der Waals surface area (Å²) in [4.78, 5) is 29.5. The quantitative estimate of drug-likeness (QED) is 0.275. The number of carboxylic acid groups (broad SMARTS) is 1. The number of para-hydroxylation sites is 1. The van der Waals surface area contributed by atoms with Gasteiger partial charge in [-0.05, 0) is 62.0 Å². The molecule has 39 heavy (non-hydrogen) atoms. The highest BCUT2D eigenvalue weighted by Gasteiger charge is 2.35. The van der Waals surface area contributed by atoms with Gasteiger partial charge in [-0.3, -0.25) is 4.79 Å². The third kappa shape index (κ3) is 6.33. The Kier molecular flexibility index (Phi) is 9.07. The van der Waals surface area contributed by atoms with Crippen LogP contribution in [0.5, 0.6) is 0 Å². The van der Waals surface area contributed by atoms with Crippen LogP contribution in [0.15, 0.2) is 42.6 Å². The number of urea groups is 1. The molecule has 0 bridgehead atoms. The lowest BCUT2D eigenvalue weighted by Gasteiger charge is -2.37. The van der Waals surface area contributed by atoms with Gasteiger partial charge in [0.15, 0.2) is 17.5 Å². The molecule has 2 aliphatic rings. The van der Waals surface area contributed by atoms with Crippen LogP contribution in [-0.4, -0.2) is 52.2 Å². The zero-order valence-corrected chi connectivity index (χ0v) is 22.1. The first-order chi connectivity index (χ1) is 18.3. The molecule has 1 aliphatic heterocycles. The lowest BCUT2D eigenvalue weighted by molar-refractivity contribution is -0.141. The molecule has 1 saturated carbocycles. The number of fused-ring (bicyclic) bond motifs is 1. The number of nitrogens with zero attached hydrogens (tertiary/aromatic N) is 1. The highest BCUT2D eigenvalue weighted by molar-refractivity contribution is 5.89. The predicted octanol–water partition coefficient (Wildman–Crippen LogP) is 6.02. The van der Waals surface area contributed by atoms with E-state index in [1.807, 2.05) is 12.1 Å². The molecule has 5 rings (SSSR count). The molecule has 1 atom stereocenters. The molecule has 1 saturated heterocycles. The van der Waals surface area contributed by atoms with E-state index in [1.54, 1.807) is 0 Å². The molecule has 1 aromatic heterocycles. The summed E-state index contributed by atoms with van der Waals surface area (Å²) in [7, 11) is 0. The van der Waals surface area contributed by atoms with Crippen LogP contribution in [0.25, 0.3) is 10.9 Å². The Balaban J connectivity index is 0.00000353. The maximum atomic E-state index is 13.5. The largest absolute Gasteiger partial charge is 0.480 e. The Morgan fingerprint density at radius 2 is 1.62 bits per heavy atom. The van der Waals surface area contributed by atoms with E-state index in [-0.39, 0.29) is 30.1 Å². The minimum absolute atomic E-state index is 0. The zero-order valence-electron chi connectivity index (χ0n) is 21.3. The molecule has 2 amide bonds. The highest BCUT2D eigenvalue weighted by atomic mass is 35.5. The standard InChI is InChI=1S/C28H31F3N4O3.ClH/c29-22-13-19(14-23(30)25(22)31)34-28(38)35-11-9-17(10-12-35)26(27(36)37)33-18-7-5-16(6-8-18)21-15-32-24-4-2-1-3-20(21)24;/h1-4,13-18,26,32-33H,5-12H2,(H,34,38)(H,36,37);1H. The Morgan fingerprint density at radius 1 is 0.974 bits per heavy atom. The van der Waals surface area contributed by atoms with Crippen LogP contribution in [0.4, 0.5) is 23.7 Å². The number of anilines is 1. The first kappa shape index (κ1) is 28.8. The van der Waals surface area contributed by atoms with Crippen LogP contribution >= 0.6 is 12.4 Å². The Labute approximate surface area is 230 Å². The lowest BCUT2D eigenvalue weighted by atomic mass is 9.80. The molecule has 2 fully saturated rings. The van der Waals surface area contributed by atoms with Crippen molar-refractivity contribution in [1.29, 1.82) is 0 Å². The van der Waals surface area contributed by atoms with Crippen molar-refractivity contribution in [3.05, 3.63) is 65.6 Å². The Bertz CT molecular complexity index is 1300. The molecule has 0 spiro atoms. The summed E-state index contributed by atoms with van der Waals surface area (Å²) in [5, 5.41) is 17.0. The Hall–Kier alpha value is -3.24. The molecule has 11 heteroatoms. The fraction of sp³-hybridized carbons (Fsp3) is 0.429. The fourth-order valence-corrected chi connectivity index (χ4v) is 5.93. The number of rotatable bonds is 6. The number of hydrogen-bond acceptors (Lipinski definition) is 3. The molecule has 1 aliphatic carbocycles. The second-order valence-corrected chi connectivity index (χ2v) is 10.3. The highest BCUT2D eigenvalue weighted by Crippen LogP contribution is 2.37. The molecule has 2 aromatic carbocycles. The van der Waals surface area contributed by atoms with Gasteiger partial charge in [0, 0.05) is 54.1 Å². The summed E-state index contributed by atoms with van der Waals surface area (Å²) in [5.41, 5.74) is 2.28. The normalized spacial score (nSPS) is 20.8. The molecule has 3 aromatic rings. The number of likely N-dealkylation sites (tertiary alicyclic amines) is 1. The number of nitrogens with one attached hydrogen (secondary N) is 3. The number of amides is 2. The van der Waals surface area contributed by atoms with Gasteiger partial charge < -0.3 is 25.6 Å². The number of carbonyl (C=O) groups excluding carboxylic acids is 1. The van der Waals surface area contributed by atoms with E-state index < -0.39 is 35.5 Å². The Morgan fingerprint density at radius 3 is 2.26 bits per heavy atom. The number of hydrogen-bond donors (Lipinski definition) is 4. The zero-order chi connectivity index (χ0) is 26.8. The molecular formula is C28H32ClF3N4O3. The smallest absolute Gasteiger partial charge is 0.321 e. The molecule has 7 nitrogen and oxygen atoms in total. The van der Waals surface area contributed by atoms with Crippen molar-refractivity contribution in [2.24, 2.45) is 5.92 Å². The third-order valence-corrected chi connectivity index (χ3v) is 8.00. The predicted molar refractivity (Wildman–Crippen MR) is 145 cm³/mol. The first-order valence-electron chi connectivity index (χ1n) is 13.1. The average Bonchev–Trinajstić information content (AvgIpc) is 3.35. The lowest BCUT2D eigenvalue weighted by Crippen LogP contribution is -2.52. The molecule has 4 N–H and O–H groups in total. The summed E-state index contributed by atoms with van der Waals surface area (Å²) in [6.07, 6.45) is 6.79. The van der Waals surface area contributed by atoms with Crippen molar-refractivity contribution in [2.45, 2.75) is 56.5 Å². The van der Waals surface area contributed by atoms with E-state index in [1.165, 1.54) is 15.8 Å². The van der Waals surface area contributed by atoms with Crippen molar-refractivity contribution in [3.8, 4) is 0 Å². The van der Waals surface area contributed by atoms with Gasteiger partial charge in [0.1, 0.15) is 6.04 Å². The molecule has 2 heterocycles. The fourth-order valence-electron chi connectivity index (χ4n) is 5.93. The second kappa shape index (κ2) is 12.3. The number of carbonyl (C=O) groups is 2. The average molecular weight is 565 g/mol. The van der Waals surface area contributed by atoms with Gasteiger partial charge in [-0.1, -0.05) is 18.2 Å². The van der Waals surface area contributed by atoms with Crippen molar-refractivity contribution < 1.29 is 27.9 Å². The van der Waals surface area contributed by atoms with E-state index in [4.69, 9.17) is 0 Å². The summed E-state index contributed by atoms with van der Waals surface area (Å²) < 4.78 is 40.1. The number of aromatic amines is 1. The number of piperidine rings is 1. The van der Waals surface area contributed by atoms with E-state index in [2.05, 4.69) is 33.9 Å². The number of benzene rings is 2. The number of halogens is 4. The van der Waals surface area contributed by atoms with Crippen molar-refractivity contribution >= 4 is 41.0 Å². The maximum absolute atomic E-state index is 13.5. The SMILES string of the molecule is Cl.O=C(O)C(NC1CCC(c2c[nH]c3ccccc23)CC1)C1CCN(C(=O)Nc2cc(F)c(F)c(F)c2)CC1. The topological polar surface area (TPSA) is 97.5 Å². The van der Waals surface area contributed by atoms with Crippen molar-refractivity contribution in [3.63, 3.8) is 0 Å². The van der Waals surface area contributed by atoms with Gasteiger partial charge >= 0.3 is 12.0 Å². The van der Waals surface area contributed by atoms with Crippen molar-refractivity contribution in [2.75, 3.05) is 18.4 Å². The monoisotopic (exact) mass is 564 g/mol. The third-order valence-electron chi connectivity index (χ3n) is 8.00. The van der Waals surface area contributed by atoms with Crippen LogP contribution in [0.2, 0.25) is 0 Å². The van der Waals surface area contributed by atoms with Gasteiger partial charge in [0.25, 0.3) is 0 Å². The number of aliphatic carboxylic acids is 1. The van der Waals surface area contributed by atoms with Gasteiger partial charge in [-0.25, -0.2) is 18.0 Å².